The van der Waals surface area contributed by atoms with Gasteiger partial charge >= 0.3 is 5.97 Å². The van der Waals surface area contributed by atoms with Crippen molar-refractivity contribution in [1.82, 2.24) is 9.97 Å². The molecule has 1 amide bonds. The van der Waals surface area contributed by atoms with Gasteiger partial charge in [0.2, 0.25) is 5.91 Å². The monoisotopic (exact) mass is 455 g/mol. The molecular formula is C23H25N3O3S2. The van der Waals surface area contributed by atoms with Crippen LogP contribution in [0.3, 0.4) is 0 Å². The molecule has 6 nitrogen and oxygen atoms in total. The van der Waals surface area contributed by atoms with Crippen molar-refractivity contribution in [2.24, 2.45) is 0 Å². The first-order valence-corrected chi connectivity index (χ1v) is 12.3. The van der Waals surface area contributed by atoms with Gasteiger partial charge in [0.1, 0.15) is 16.4 Å². The van der Waals surface area contributed by atoms with Crippen LogP contribution < -0.4 is 5.32 Å². The van der Waals surface area contributed by atoms with Crippen LogP contribution in [0.4, 0.5) is 5.00 Å². The Labute approximate surface area is 189 Å². The van der Waals surface area contributed by atoms with Gasteiger partial charge in [0, 0.05) is 10.3 Å². The van der Waals surface area contributed by atoms with Gasteiger partial charge in [-0.3, -0.25) is 4.79 Å². The fraction of sp³-hybridized carbons (Fsp3) is 0.391. The number of thiophene rings is 1. The first-order valence-electron chi connectivity index (χ1n) is 10.6. The topological polar surface area (TPSA) is 81.2 Å². The molecular weight excluding hydrogens is 430 g/mol. The van der Waals surface area contributed by atoms with Gasteiger partial charge in [-0.25, -0.2) is 14.8 Å². The Kier molecular flexibility index (Phi) is 6.87. The highest BCUT2D eigenvalue weighted by Gasteiger charge is 2.28. The van der Waals surface area contributed by atoms with Crippen LogP contribution in [-0.4, -0.2) is 33.7 Å². The SMILES string of the molecule is CCOC(=O)c1c(NC(=O)C(C)Sc2ncnc3ccccc23)sc2c1CCCCC2. The maximum atomic E-state index is 13.0. The third kappa shape index (κ3) is 4.75. The summed E-state index contributed by atoms with van der Waals surface area (Å²) in [6.07, 6.45) is 6.63. The summed E-state index contributed by atoms with van der Waals surface area (Å²) in [5.41, 5.74) is 2.44. The Bertz CT molecular complexity index is 1110. The van der Waals surface area contributed by atoms with E-state index in [0.717, 1.165) is 53.6 Å². The number of amides is 1. The molecule has 1 atom stereocenters. The number of ether oxygens (including phenoxy) is 1. The second kappa shape index (κ2) is 9.78. The van der Waals surface area contributed by atoms with E-state index in [1.165, 1.54) is 34.3 Å². The number of para-hydroxylation sites is 1. The largest absolute Gasteiger partial charge is 0.462 e. The molecule has 8 heteroatoms. The predicted octanol–water partition coefficient (Wildman–Crippen LogP) is 5.26. The fourth-order valence-corrected chi connectivity index (χ4v) is 5.95. The predicted molar refractivity (Wildman–Crippen MR) is 125 cm³/mol. The number of nitrogens with one attached hydrogen (secondary N) is 1. The van der Waals surface area contributed by atoms with Crippen LogP contribution in [0.5, 0.6) is 0 Å². The van der Waals surface area contributed by atoms with Crippen molar-refractivity contribution in [2.75, 3.05) is 11.9 Å². The molecule has 0 fully saturated rings. The molecule has 1 unspecified atom stereocenters. The second-order valence-electron chi connectivity index (χ2n) is 7.43. The highest BCUT2D eigenvalue weighted by molar-refractivity contribution is 8.00. The van der Waals surface area contributed by atoms with Crippen LogP contribution >= 0.6 is 23.1 Å². The zero-order chi connectivity index (χ0) is 21.8. The minimum absolute atomic E-state index is 0.158. The molecule has 1 N–H and O–H groups in total. The zero-order valence-corrected chi connectivity index (χ0v) is 19.3. The van der Waals surface area contributed by atoms with Gasteiger partial charge < -0.3 is 10.1 Å². The molecule has 0 radical (unpaired) electrons. The van der Waals surface area contributed by atoms with Gasteiger partial charge in [-0.2, -0.15) is 0 Å². The van der Waals surface area contributed by atoms with E-state index < -0.39 is 5.25 Å². The maximum Gasteiger partial charge on any atom is 0.341 e. The number of carbonyl (C=O) groups is 2. The zero-order valence-electron chi connectivity index (χ0n) is 17.6. The van der Waals surface area contributed by atoms with Crippen molar-refractivity contribution < 1.29 is 14.3 Å². The summed E-state index contributed by atoms with van der Waals surface area (Å²) in [4.78, 5) is 35.6. The van der Waals surface area contributed by atoms with E-state index in [9.17, 15) is 9.59 Å². The van der Waals surface area contributed by atoms with E-state index in [4.69, 9.17) is 4.74 Å². The molecule has 1 aliphatic rings. The highest BCUT2D eigenvalue weighted by atomic mass is 32.2. The van der Waals surface area contributed by atoms with Crippen LogP contribution in [0, 0.1) is 0 Å². The van der Waals surface area contributed by atoms with Crippen molar-refractivity contribution in [3.63, 3.8) is 0 Å². The number of rotatable bonds is 6. The van der Waals surface area contributed by atoms with Crippen molar-refractivity contribution in [3.8, 4) is 0 Å². The van der Waals surface area contributed by atoms with Crippen LogP contribution in [0.25, 0.3) is 10.9 Å². The number of thioether (sulfide) groups is 1. The number of carbonyl (C=O) groups excluding carboxylic acids is 2. The molecule has 162 valence electrons. The lowest BCUT2D eigenvalue weighted by Gasteiger charge is -2.13. The molecule has 0 saturated heterocycles. The van der Waals surface area contributed by atoms with Gasteiger partial charge in [0.15, 0.2) is 0 Å². The number of hydrogen-bond donors (Lipinski definition) is 1. The standard InChI is InChI=1S/C23H25N3O3S2/c1-3-29-23(28)19-16-10-5-4-6-12-18(16)31-22(19)26-20(27)14(2)30-21-15-9-7-8-11-17(15)24-13-25-21/h7-9,11,13-14H,3-6,10,12H2,1-2H3,(H,26,27). The number of aryl methyl sites for hydroxylation is 1. The smallest absolute Gasteiger partial charge is 0.341 e. The van der Waals surface area contributed by atoms with Crippen molar-refractivity contribution in [1.29, 1.82) is 0 Å². The lowest BCUT2D eigenvalue weighted by atomic mass is 10.1. The number of hydrogen-bond acceptors (Lipinski definition) is 7. The molecule has 2 aromatic heterocycles. The summed E-state index contributed by atoms with van der Waals surface area (Å²) >= 11 is 2.90. The van der Waals surface area contributed by atoms with Gasteiger partial charge in [0.25, 0.3) is 0 Å². The third-order valence-corrected chi connectivity index (χ3v) is 7.62. The Morgan fingerprint density at radius 3 is 2.84 bits per heavy atom. The Morgan fingerprint density at radius 1 is 1.19 bits per heavy atom. The molecule has 4 rings (SSSR count). The van der Waals surface area contributed by atoms with E-state index in [-0.39, 0.29) is 11.9 Å². The minimum Gasteiger partial charge on any atom is -0.462 e. The average molecular weight is 456 g/mol. The van der Waals surface area contributed by atoms with Gasteiger partial charge in [-0.1, -0.05) is 36.4 Å². The summed E-state index contributed by atoms with van der Waals surface area (Å²) in [6.45, 7) is 3.95. The number of anilines is 1. The average Bonchev–Trinajstić information content (AvgIpc) is 2.94. The Balaban J connectivity index is 1.57. The maximum absolute atomic E-state index is 13.0. The molecule has 0 saturated carbocycles. The van der Waals surface area contributed by atoms with E-state index in [1.807, 2.05) is 31.2 Å². The van der Waals surface area contributed by atoms with Crippen molar-refractivity contribution >= 4 is 50.9 Å². The summed E-state index contributed by atoms with van der Waals surface area (Å²) in [5, 5.41) is 4.91. The van der Waals surface area contributed by atoms with E-state index in [0.29, 0.717) is 17.2 Å². The number of aromatic nitrogens is 2. The highest BCUT2D eigenvalue weighted by Crippen LogP contribution is 2.38. The van der Waals surface area contributed by atoms with Gasteiger partial charge in [-0.15, -0.1) is 11.3 Å². The fourth-order valence-electron chi connectivity index (χ4n) is 3.76. The summed E-state index contributed by atoms with van der Waals surface area (Å²) < 4.78 is 5.31. The Hall–Kier alpha value is -2.45. The Morgan fingerprint density at radius 2 is 2.00 bits per heavy atom. The van der Waals surface area contributed by atoms with Gasteiger partial charge in [-0.05, 0) is 51.2 Å². The van der Waals surface area contributed by atoms with Crippen LogP contribution in [0.15, 0.2) is 35.6 Å². The van der Waals surface area contributed by atoms with E-state index in [2.05, 4.69) is 15.3 Å². The molecule has 1 aliphatic carbocycles. The quantitative estimate of drug-likeness (QED) is 0.236. The van der Waals surface area contributed by atoms with Crippen LogP contribution in [0.1, 0.15) is 53.9 Å². The summed E-state index contributed by atoms with van der Waals surface area (Å²) in [5.74, 6) is -0.506. The van der Waals surface area contributed by atoms with Gasteiger partial charge in [0.05, 0.1) is 22.9 Å². The summed E-state index contributed by atoms with van der Waals surface area (Å²) in [6, 6.07) is 7.75. The normalized spacial score (nSPS) is 14.5. The minimum atomic E-state index is -0.393. The number of fused-ring (bicyclic) bond motifs is 2. The third-order valence-electron chi connectivity index (χ3n) is 5.30. The molecule has 0 spiro atoms. The number of benzene rings is 1. The molecule has 0 bridgehead atoms. The van der Waals surface area contributed by atoms with Crippen molar-refractivity contribution in [3.05, 3.63) is 46.6 Å². The summed E-state index contributed by atoms with van der Waals surface area (Å²) in [7, 11) is 0. The van der Waals surface area contributed by atoms with Crippen molar-refractivity contribution in [2.45, 2.75) is 56.2 Å². The lowest BCUT2D eigenvalue weighted by Crippen LogP contribution is -2.23. The number of esters is 1. The van der Waals surface area contributed by atoms with Crippen LogP contribution in [0.2, 0.25) is 0 Å². The van der Waals surface area contributed by atoms with Crippen LogP contribution in [-0.2, 0) is 22.4 Å². The first-order chi connectivity index (χ1) is 15.1. The van der Waals surface area contributed by atoms with E-state index >= 15 is 0 Å². The molecule has 0 aliphatic heterocycles. The lowest BCUT2D eigenvalue weighted by molar-refractivity contribution is -0.115. The molecule has 3 aromatic rings. The molecule has 2 heterocycles. The molecule has 1 aromatic carbocycles. The number of nitrogens with zero attached hydrogens (tertiary/aromatic N) is 2. The second-order valence-corrected chi connectivity index (χ2v) is 9.87. The first kappa shape index (κ1) is 21.8. The molecule has 31 heavy (non-hydrogen) atoms. The van der Waals surface area contributed by atoms with E-state index in [1.54, 1.807) is 6.92 Å².